The summed E-state index contributed by atoms with van der Waals surface area (Å²) in [5, 5.41) is 3.85. The van der Waals surface area contributed by atoms with Crippen LogP contribution in [0.2, 0.25) is 0 Å². The molecule has 1 aliphatic heterocycles. The van der Waals surface area contributed by atoms with Crippen LogP contribution in [0.3, 0.4) is 0 Å². The first-order valence-electron chi connectivity index (χ1n) is 8.08. The minimum atomic E-state index is 0.462. The molecule has 3 rings (SSSR count). The highest BCUT2D eigenvalue weighted by Crippen LogP contribution is 2.51. The van der Waals surface area contributed by atoms with Crippen molar-refractivity contribution in [2.75, 3.05) is 13.2 Å². The van der Waals surface area contributed by atoms with Gasteiger partial charge in [-0.2, -0.15) is 0 Å². The van der Waals surface area contributed by atoms with E-state index < -0.39 is 0 Å². The molecule has 1 unspecified atom stereocenters. The van der Waals surface area contributed by atoms with Crippen LogP contribution in [0.25, 0.3) is 0 Å². The molecule has 1 aromatic rings. The maximum Gasteiger partial charge on any atom is 0.126 e. The maximum atomic E-state index is 5.96. The van der Waals surface area contributed by atoms with Crippen molar-refractivity contribution in [3.05, 3.63) is 29.3 Å². The summed E-state index contributed by atoms with van der Waals surface area (Å²) in [6.07, 6.45) is 5.11. The number of hydrogen-bond donors (Lipinski definition) is 1. The van der Waals surface area contributed by atoms with Gasteiger partial charge in [0, 0.05) is 18.2 Å². The topological polar surface area (TPSA) is 21.3 Å². The molecule has 1 heterocycles. The average Bonchev–Trinajstić information content (AvgIpc) is 3.21. The van der Waals surface area contributed by atoms with Gasteiger partial charge >= 0.3 is 0 Å². The lowest BCUT2D eigenvalue weighted by atomic mass is 9.91. The van der Waals surface area contributed by atoms with Crippen LogP contribution in [0.5, 0.6) is 5.75 Å². The molecule has 1 aliphatic carbocycles. The normalized spacial score (nSPS) is 23.9. The van der Waals surface area contributed by atoms with Crippen molar-refractivity contribution in [1.29, 1.82) is 0 Å². The van der Waals surface area contributed by atoms with Gasteiger partial charge in [-0.3, -0.25) is 0 Å². The van der Waals surface area contributed by atoms with E-state index in [9.17, 15) is 0 Å². The Balaban J connectivity index is 1.75. The van der Waals surface area contributed by atoms with Crippen LogP contribution < -0.4 is 10.1 Å². The van der Waals surface area contributed by atoms with E-state index in [4.69, 9.17) is 4.74 Å². The monoisotopic (exact) mass is 273 g/mol. The van der Waals surface area contributed by atoms with E-state index >= 15 is 0 Å². The Morgan fingerprint density at radius 2 is 2.15 bits per heavy atom. The van der Waals surface area contributed by atoms with Gasteiger partial charge in [-0.1, -0.05) is 32.0 Å². The van der Waals surface area contributed by atoms with E-state index in [-0.39, 0.29) is 0 Å². The van der Waals surface area contributed by atoms with Crippen LogP contribution in [0.1, 0.15) is 56.7 Å². The second kappa shape index (κ2) is 5.40. The lowest BCUT2D eigenvalue weighted by Gasteiger charge is -2.25. The van der Waals surface area contributed by atoms with E-state index in [1.807, 2.05) is 0 Å². The Morgan fingerprint density at radius 1 is 1.35 bits per heavy atom. The fourth-order valence-corrected chi connectivity index (χ4v) is 3.42. The predicted molar refractivity (Wildman–Crippen MR) is 83.2 cm³/mol. The zero-order valence-corrected chi connectivity index (χ0v) is 13.0. The third-order valence-corrected chi connectivity index (χ3v) is 5.32. The Bertz CT molecular complexity index is 476. The number of fused-ring (bicyclic) bond motifs is 1. The van der Waals surface area contributed by atoms with E-state index in [0.29, 0.717) is 11.5 Å². The molecular weight excluding hydrogens is 246 g/mol. The molecular formula is C18H27NO. The number of para-hydroxylation sites is 1. The molecule has 1 saturated carbocycles. The van der Waals surface area contributed by atoms with Crippen molar-refractivity contribution in [3.8, 4) is 5.75 Å². The molecule has 1 aromatic carbocycles. The first-order chi connectivity index (χ1) is 9.62. The third kappa shape index (κ3) is 2.58. The van der Waals surface area contributed by atoms with Gasteiger partial charge in [-0.25, -0.2) is 0 Å². The zero-order chi connectivity index (χ0) is 14.2. The molecule has 0 bridgehead atoms. The smallest absolute Gasteiger partial charge is 0.126 e. The molecule has 2 heteroatoms. The second-order valence-electron chi connectivity index (χ2n) is 6.93. The van der Waals surface area contributed by atoms with Gasteiger partial charge in [0.1, 0.15) is 5.75 Å². The van der Waals surface area contributed by atoms with Gasteiger partial charge in [0.05, 0.1) is 6.61 Å². The molecule has 0 aromatic heterocycles. The summed E-state index contributed by atoms with van der Waals surface area (Å²) in [6.45, 7) is 8.89. The number of nitrogens with one attached hydrogen (secondary N) is 1. The Morgan fingerprint density at radius 3 is 2.85 bits per heavy atom. The molecule has 0 radical (unpaired) electrons. The molecule has 1 atom stereocenters. The van der Waals surface area contributed by atoms with E-state index in [2.05, 4.69) is 44.3 Å². The SMILES string of the molecule is Cc1cccc2c1OCCCC2NCC1(C(C)C)CC1. The Hall–Kier alpha value is -1.02. The number of hydrogen-bond acceptors (Lipinski definition) is 2. The number of ether oxygens (including phenoxy) is 1. The highest BCUT2D eigenvalue weighted by atomic mass is 16.5. The summed E-state index contributed by atoms with van der Waals surface area (Å²) in [7, 11) is 0. The zero-order valence-electron chi connectivity index (χ0n) is 13.0. The Labute approximate surface area is 122 Å². The van der Waals surface area contributed by atoms with Gasteiger partial charge in [-0.05, 0) is 49.5 Å². The first-order valence-corrected chi connectivity index (χ1v) is 8.08. The van der Waals surface area contributed by atoms with Crippen LogP contribution in [-0.4, -0.2) is 13.2 Å². The molecule has 0 saturated heterocycles. The van der Waals surface area contributed by atoms with Crippen molar-refractivity contribution in [3.63, 3.8) is 0 Å². The fourth-order valence-electron chi connectivity index (χ4n) is 3.42. The van der Waals surface area contributed by atoms with Crippen LogP contribution >= 0.6 is 0 Å². The third-order valence-electron chi connectivity index (χ3n) is 5.32. The molecule has 0 spiro atoms. The molecule has 2 aliphatic rings. The molecule has 2 nitrogen and oxygen atoms in total. The minimum absolute atomic E-state index is 0.462. The van der Waals surface area contributed by atoms with Crippen molar-refractivity contribution in [1.82, 2.24) is 5.32 Å². The van der Waals surface area contributed by atoms with Gasteiger partial charge in [0.25, 0.3) is 0 Å². The number of benzene rings is 1. The minimum Gasteiger partial charge on any atom is -0.493 e. The number of aryl methyl sites for hydroxylation is 1. The Kier molecular flexibility index (Phi) is 3.76. The van der Waals surface area contributed by atoms with Crippen molar-refractivity contribution in [2.24, 2.45) is 11.3 Å². The standard InChI is InChI=1S/C18H27NO/c1-13(2)18(9-10-18)12-19-16-8-5-11-20-17-14(3)6-4-7-15(16)17/h4,6-7,13,16,19H,5,8-12H2,1-3H3. The first kappa shape index (κ1) is 13.9. The van der Waals surface area contributed by atoms with Gasteiger partial charge in [0.2, 0.25) is 0 Å². The van der Waals surface area contributed by atoms with Crippen LogP contribution in [-0.2, 0) is 0 Å². The number of rotatable bonds is 4. The quantitative estimate of drug-likeness (QED) is 0.886. The summed E-state index contributed by atoms with van der Waals surface area (Å²) in [6, 6.07) is 7.01. The second-order valence-corrected chi connectivity index (χ2v) is 6.93. The van der Waals surface area contributed by atoms with Crippen molar-refractivity contribution in [2.45, 2.75) is 52.5 Å². The predicted octanol–water partition coefficient (Wildman–Crippen LogP) is 4.23. The van der Waals surface area contributed by atoms with Crippen LogP contribution in [0, 0.1) is 18.3 Å². The summed E-state index contributed by atoms with van der Waals surface area (Å²) in [4.78, 5) is 0. The van der Waals surface area contributed by atoms with Crippen molar-refractivity contribution >= 4 is 0 Å². The van der Waals surface area contributed by atoms with Gasteiger partial charge in [-0.15, -0.1) is 0 Å². The van der Waals surface area contributed by atoms with Crippen LogP contribution in [0.15, 0.2) is 18.2 Å². The summed E-state index contributed by atoms with van der Waals surface area (Å²) >= 11 is 0. The van der Waals surface area contributed by atoms with Crippen molar-refractivity contribution < 1.29 is 4.74 Å². The van der Waals surface area contributed by atoms with E-state index in [0.717, 1.165) is 31.2 Å². The molecule has 1 fully saturated rings. The van der Waals surface area contributed by atoms with Gasteiger partial charge < -0.3 is 10.1 Å². The average molecular weight is 273 g/mol. The van der Waals surface area contributed by atoms with Gasteiger partial charge in [0.15, 0.2) is 0 Å². The van der Waals surface area contributed by atoms with E-state index in [1.165, 1.54) is 30.4 Å². The lowest BCUT2D eigenvalue weighted by Crippen LogP contribution is -2.31. The molecule has 0 amide bonds. The van der Waals surface area contributed by atoms with Crippen LogP contribution in [0.4, 0.5) is 0 Å². The molecule has 20 heavy (non-hydrogen) atoms. The lowest BCUT2D eigenvalue weighted by molar-refractivity contribution is 0.305. The summed E-state index contributed by atoms with van der Waals surface area (Å²) in [5.41, 5.74) is 3.19. The highest BCUT2D eigenvalue weighted by molar-refractivity contribution is 5.43. The summed E-state index contributed by atoms with van der Waals surface area (Å²) < 4.78 is 5.96. The molecule has 1 N–H and O–H groups in total. The highest BCUT2D eigenvalue weighted by Gasteiger charge is 2.45. The maximum absolute atomic E-state index is 5.96. The fraction of sp³-hybridized carbons (Fsp3) is 0.667. The summed E-state index contributed by atoms with van der Waals surface area (Å²) in [5.74, 6) is 1.91. The van der Waals surface area contributed by atoms with E-state index in [1.54, 1.807) is 0 Å². The molecule has 110 valence electrons. The largest absolute Gasteiger partial charge is 0.493 e.